The lowest BCUT2D eigenvalue weighted by Gasteiger charge is -2.19. The van der Waals surface area contributed by atoms with Crippen LogP contribution in [0.5, 0.6) is 0 Å². The van der Waals surface area contributed by atoms with Crippen LogP contribution in [0.2, 0.25) is 0 Å². The third kappa shape index (κ3) is 3.41. The maximum Gasteiger partial charge on any atom is 0.123 e. The van der Waals surface area contributed by atoms with Crippen LogP contribution in [0.25, 0.3) is 11.3 Å². The molecule has 1 aromatic carbocycles. The van der Waals surface area contributed by atoms with Gasteiger partial charge in [0, 0.05) is 17.7 Å². The molecular weight excluding hydrogens is 241 g/mol. The maximum absolute atomic E-state index is 13.0. The lowest BCUT2D eigenvalue weighted by atomic mass is 10.1. The van der Waals surface area contributed by atoms with Gasteiger partial charge in [-0.15, -0.1) is 0 Å². The lowest BCUT2D eigenvalue weighted by Crippen LogP contribution is -2.23. The Kier molecular flexibility index (Phi) is 4.68. The molecular formula is C15H20FN3. The average Bonchev–Trinajstić information content (AvgIpc) is 2.87. The van der Waals surface area contributed by atoms with E-state index in [0.29, 0.717) is 0 Å². The van der Waals surface area contributed by atoms with E-state index in [-0.39, 0.29) is 5.82 Å². The summed E-state index contributed by atoms with van der Waals surface area (Å²) in [7, 11) is 0. The summed E-state index contributed by atoms with van der Waals surface area (Å²) in [5.41, 5.74) is 3.11. The zero-order valence-corrected chi connectivity index (χ0v) is 11.5. The van der Waals surface area contributed by atoms with E-state index in [2.05, 4.69) is 28.9 Å². The van der Waals surface area contributed by atoms with Crippen molar-refractivity contribution in [2.75, 3.05) is 13.1 Å². The molecule has 19 heavy (non-hydrogen) atoms. The van der Waals surface area contributed by atoms with E-state index in [1.165, 1.54) is 12.1 Å². The number of aromatic nitrogens is 2. The lowest BCUT2D eigenvalue weighted by molar-refractivity contribution is 0.281. The zero-order chi connectivity index (χ0) is 13.7. The van der Waals surface area contributed by atoms with Crippen molar-refractivity contribution >= 4 is 0 Å². The van der Waals surface area contributed by atoms with Crippen LogP contribution in [-0.2, 0) is 6.54 Å². The topological polar surface area (TPSA) is 31.9 Å². The summed E-state index contributed by atoms with van der Waals surface area (Å²) < 4.78 is 13.0. The van der Waals surface area contributed by atoms with E-state index in [4.69, 9.17) is 0 Å². The average molecular weight is 261 g/mol. The van der Waals surface area contributed by atoms with Gasteiger partial charge >= 0.3 is 0 Å². The molecule has 1 aromatic heterocycles. The molecule has 0 saturated heterocycles. The molecule has 4 heteroatoms. The molecule has 0 aliphatic heterocycles. The Morgan fingerprint density at radius 2 is 1.95 bits per heavy atom. The fraction of sp³-hybridized carbons (Fsp3) is 0.400. The Morgan fingerprint density at radius 1 is 1.21 bits per heavy atom. The first-order chi connectivity index (χ1) is 9.24. The first kappa shape index (κ1) is 13.7. The molecule has 102 valence electrons. The van der Waals surface area contributed by atoms with Crippen LogP contribution < -0.4 is 0 Å². The second kappa shape index (κ2) is 6.48. The molecule has 0 saturated carbocycles. The molecule has 2 rings (SSSR count). The molecule has 2 aromatic rings. The van der Waals surface area contributed by atoms with Crippen LogP contribution in [0, 0.1) is 5.82 Å². The van der Waals surface area contributed by atoms with E-state index >= 15 is 0 Å². The minimum atomic E-state index is -0.217. The number of H-pyrrole nitrogens is 1. The molecule has 0 aliphatic rings. The Hall–Kier alpha value is -1.68. The third-order valence-corrected chi connectivity index (χ3v) is 3.23. The minimum Gasteiger partial charge on any atom is -0.299 e. The van der Waals surface area contributed by atoms with E-state index in [1.807, 2.05) is 6.20 Å². The van der Waals surface area contributed by atoms with Gasteiger partial charge in [0.25, 0.3) is 0 Å². The van der Waals surface area contributed by atoms with Crippen LogP contribution in [0.15, 0.2) is 30.5 Å². The summed E-state index contributed by atoms with van der Waals surface area (Å²) in [6.07, 6.45) is 2.99. The van der Waals surface area contributed by atoms with E-state index < -0.39 is 0 Å². The molecule has 0 bridgehead atoms. The first-order valence-corrected chi connectivity index (χ1v) is 6.75. The van der Waals surface area contributed by atoms with Crippen molar-refractivity contribution in [3.05, 3.63) is 41.8 Å². The van der Waals surface area contributed by atoms with Gasteiger partial charge in [-0.2, -0.15) is 5.10 Å². The van der Waals surface area contributed by atoms with Gasteiger partial charge in [-0.1, -0.05) is 13.8 Å². The van der Waals surface area contributed by atoms with Crippen molar-refractivity contribution in [3.8, 4) is 11.3 Å². The van der Waals surface area contributed by atoms with Crippen molar-refractivity contribution in [2.45, 2.75) is 26.8 Å². The number of hydrogen-bond acceptors (Lipinski definition) is 2. The van der Waals surface area contributed by atoms with Crippen LogP contribution in [0.3, 0.4) is 0 Å². The highest BCUT2D eigenvalue weighted by Crippen LogP contribution is 2.22. The molecule has 0 fully saturated rings. The van der Waals surface area contributed by atoms with Gasteiger partial charge in [-0.05, 0) is 43.8 Å². The SMILES string of the molecule is CCCN(CC)Cc1cn[nH]c1-c1ccc(F)cc1. The van der Waals surface area contributed by atoms with Crippen molar-refractivity contribution < 1.29 is 4.39 Å². The highest BCUT2D eigenvalue weighted by molar-refractivity contribution is 5.62. The number of nitrogens with zero attached hydrogens (tertiary/aromatic N) is 2. The largest absolute Gasteiger partial charge is 0.299 e. The number of nitrogens with one attached hydrogen (secondary N) is 1. The Morgan fingerprint density at radius 3 is 2.58 bits per heavy atom. The van der Waals surface area contributed by atoms with Crippen molar-refractivity contribution in [1.82, 2.24) is 15.1 Å². The number of halogens is 1. The monoisotopic (exact) mass is 261 g/mol. The van der Waals surface area contributed by atoms with E-state index in [0.717, 1.165) is 42.9 Å². The number of hydrogen-bond donors (Lipinski definition) is 1. The standard InChI is InChI=1S/C15H20FN3/c1-3-9-19(4-2)11-13-10-17-18-15(13)12-5-7-14(16)8-6-12/h5-8,10H,3-4,9,11H2,1-2H3,(H,17,18). The fourth-order valence-corrected chi connectivity index (χ4v) is 2.20. The van der Waals surface area contributed by atoms with Gasteiger partial charge in [0.1, 0.15) is 5.82 Å². The Bertz CT molecular complexity index is 504. The molecule has 0 radical (unpaired) electrons. The minimum absolute atomic E-state index is 0.217. The maximum atomic E-state index is 13.0. The van der Waals surface area contributed by atoms with Gasteiger partial charge in [0.05, 0.1) is 11.9 Å². The second-order valence-electron chi connectivity index (χ2n) is 4.65. The van der Waals surface area contributed by atoms with Crippen LogP contribution in [0.1, 0.15) is 25.8 Å². The van der Waals surface area contributed by atoms with Crippen LogP contribution >= 0.6 is 0 Å². The molecule has 0 aliphatic carbocycles. The highest BCUT2D eigenvalue weighted by Gasteiger charge is 2.11. The summed E-state index contributed by atoms with van der Waals surface area (Å²) in [4.78, 5) is 2.37. The fourth-order valence-electron chi connectivity index (χ4n) is 2.20. The van der Waals surface area contributed by atoms with Gasteiger partial charge in [0.2, 0.25) is 0 Å². The molecule has 1 heterocycles. The third-order valence-electron chi connectivity index (χ3n) is 3.23. The van der Waals surface area contributed by atoms with Crippen LogP contribution in [0.4, 0.5) is 4.39 Å². The summed E-state index contributed by atoms with van der Waals surface area (Å²) in [6, 6.07) is 6.51. The normalized spacial score (nSPS) is 11.2. The van der Waals surface area contributed by atoms with Crippen molar-refractivity contribution in [1.29, 1.82) is 0 Å². The van der Waals surface area contributed by atoms with Crippen molar-refractivity contribution in [3.63, 3.8) is 0 Å². The smallest absolute Gasteiger partial charge is 0.123 e. The van der Waals surface area contributed by atoms with E-state index in [1.54, 1.807) is 12.1 Å². The number of aromatic amines is 1. The molecule has 3 nitrogen and oxygen atoms in total. The van der Waals surface area contributed by atoms with Gasteiger partial charge < -0.3 is 0 Å². The molecule has 0 unspecified atom stereocenters. The predicted molar refractivity (Wildman–Crippen MR) is 75.2 cm³/mol. The molecule has 0 amide bonds. The van der Waals surface area contributed by atoms with Crippen molar-refractivity contribution in [2.24, 2.45) is 0 Å². The van der Waals surface area contributed by atoms with Gasteiger partial charge in [0.15, 0.2) is 0 Å². The Labute approximate surface area is 113 Å². The Balaban J connectivity index is 2.19. The zero-order valence-electron chi connectivity index (χ0n) is 11.5. The second-order valence-corrected chi connectivity index (χ2v) is 4.65. The van der Waals surface area contributed by atoms with Gasteiger partial charge in [-0.3, -0.25) is 10.00 Å². The summed E-state index contributed by atoms with van der Waals surface area (Å²) >= 11 is 0. The summed E-state index contributed by atoms with van der Waals surface area (Å²) in [5, 5.41) is 7.14. The first-order valence-electron chi connectivity index (χ1n) is 6.75. The highest BCUT2D eigenvalue weighted by atomic mass is 19.1. The van der Waals surface area contributed by atoms with Gasteiger partial charge in [-0.25, -0.2) is 4.39 Å². The molecule has 1 N–H and O–H groups in total. The predicted octanol–water partition coefficient (Wildman–Crippen LogP) is 3.45. The van der Waals surface area contributed by atoms with Crippen LogP contribution in [-0.4, -0.2) is 28.2 Å². The number of rotatable bonds is 6. The molecule has 0 atom stereocenters. The van der Waals surface area contributed by atoms with E-state index in [9.17, 15) is 4.39 Å². The summed E-state index contributed by atoms with van der Waals surface area (Å²) in [6.45, 7) is 7.30. The number of benzene rings is 1. The quantitative estimate of drug-likeness (QED) is 0.863. The summed E-state index contributed by atoms with van der Waals surface area (Å²) in [5.74, 6) is -0.217. The molecule has 0 spiro atoms.